The van der Waals surface area contributed by atoms with Crippen molar-refractivity contribution >= 4 is 0 Å². The molecule has 3 heteroatoms. The Labute approximate surface area is 91.7 Å². The molecule has 0 amide bonds. The van der Waals surface area contributed by atoms with Crippen LogP contribution in [-0.2, 0) is 0 Å². The first-order valence-electron chi connectivity index (χ1n) is 5.95. The molecule has 0 aromatic carbocycles. The highest BCUT2D eigenvalue weighted by atomic mass is 15.1. The Morgan fingerprint density at radius 1 is 1.53 bits per heavy atom. The lowest BCUT2D eigenvalue weighted by atomic mass is 9.83. The third kappa shape index (κ3) is 1.93. The number of nitrogens with zero attached hydrogens (tertiary/aromatic N) is 2. The highest BCUT2D eigenvalue weighted by Gasteiger charge is 2.25. The maximum absolute atomic E-state index is 5.84. The van der Waals surface area contributed by atoms with Gasteiger partial charge in [-0.2, -0.15) is 0 Å². The van der Waals surface area contributed by atoms with Crippen molar-refractivity contribution in [1.82, 2.24) is 9.55 Å². The summed E-state index contributed by atoms with van der Waals surface area (Å²) in [6.45, 7) is 5.15. The molecule has 0 radical (unpaired) electrons. The van der Waals surface area contributed by atoms with Crippen LogP contribution in [0.5, 0.6) is 0 Å². The summed E-state index contributed by atoms with van der Waals surface area (Å²) in [6.07, 6.45) is 7.98. The van der Waals surface area contributed by atoms with Crippen LogP contribution in [0, 0.1) is 5.92 Å². The lowest BCUT2D eigenvalue weighted by Gasteiger charge is -2.30. The number of rotatable bonds is 4. The molecular weight excluding hydrogens is 186 g/mol. The largest absolute Gasteiger partial charge is 0.330 e. The second-order valence-electron chi connectivity index (χ2n) is 4.90. The first-order valence-corrected chi connectivity index (χ1v) is 5.95. The second kappa shape index (κ2) is 4.35. The fourth-order valence-corrected chi connectivity index (χ4v) is 2.32. The van der Waals surface area contributed by atoms with Crippen LogP contribution in [0.3, 0.4) is 0 Å². The Balaban J connectivity index is 2.22. The molecule has 0 saturated heterocycles. The average Bonchev–Trinajstić information content (AvgIpc) is 2.51. The molecule has 0 bridgehead atoms. The molecule has 84 valence electrons. The highest BCUT2D eigenvalue weighted by molar-refractivity contribution is 5.11. The molecule has 1 heterocycles. The summed E-state index contributed by atoms with van der Waals surface area (Å²) in [5.41, 5.74) is 7.24. The normalized spacial score (nSPS) is 19.2. The topological polar surface area (TPSA) is 43.8 Å². The lowest BCUT2D eigenvalue weighted by Crippen LogP contribution is -2.26. The fourth-order valence-electron chi connectivity index (χ4n) is 2.32. The van der Waals surface area contributed by atoms with Crippen LogP contribution in [0.15, 0.2) is 12.5 Å². The molecule has 1 aliphatic carbocycles. The summed E-state index contributed by atoms with van der Waals surface area (Å²) in [5.74, 6) is 1.31. The molecule has 1 fully saturated rings. The molecule has 1 unspecified atom stereocenters. The molecule has 0 aliphatic heterocycles. The van der Waals surface area contributed by atoms with Gasteiger partial charge in [0.2, 0.25) is 0 Å². The summed E-state index contributed by atoms with van der Waals surface area (Å²) in [6, 6.07) is 0.406. The Morgan fingerprint density at radius 3 is 2.73 bits per heavy atom. The van der Waals surface area contributed by atoms with Crippen molar-refractivity contribution < 1.29 is 0 Å². The van der Waals surface area contributed by atoms with Crippen molar-refractivity contribution in [2.75, 3.05) is 6.54 Å². The van der Waals surface area contributed by atoms with Gasteiger partial charge in [0, 0.05) is 30.4 Å². The van der Waals surface area contributed by atoms with E-state index in [-0.39, 0.29) is 0 Å². The first kappa shape index (κ1) is 10.7. The molecule has 0 spiro atoms. The van der Waals surface area contributed by atoms with Gasteiger partial charge in [0.05, 0.1) is 6.33 Å². The van der Waals surface area contributed by atoms with Crippen LogP contribution in [0.2, 0.25) is 0 Å². The smallest absolute Gasteiger partial charge is 0.0951 e. The van der Waals surface area contributed by atoms with E-state index in [1.807, 2.05) is 12.5 Å². The van der Waals surface area contributed by atoms with E-state index >= 15 is 0 Å². The van der Waals surface area contributed by atoms with Crippen molar-refractivity contribution in [2.24, 2.45) is 11.7 Å². The van der Waals surface area contributed by atoms with Gasteiger partial charge in [0.15, 0.2) is 0 Å². The van der Waals surface area contributed by atoms with Gasteiger partial charge in [-0.1, -0.05) is 20.3 Å². The molecule has 2 N–H and O–H groups in total. The van der Waals surface area contributed by atoms with E-state index in [1.165, 1.54) is 25.0 Å². The van der Waals surface area contributed by atoms with Crippen molar-refractivity contribution in [1.29, 1.82) is 0 Å². The van der Waals surface area contributed by atoms with Gasteiger partial charge in [-0.25, -0.2) is 4.98 Å². The molecule has 1 aliphatic rings. The summed E-state index contributed by atoms with van der Waals surface area (Å²) in [4.78, 5) is 4.28. The molecule has 1 aromatic rings. The Morgan fingerprint density at radius 2 is 2.27 bits per heavy atom. The van der Waals surface area contributed by atoms with Crippen LogP contribution >= 0.6 is 0 Å². The zero-order valence-corrected chi connectivity index (χ0v) is 9.69. The van der Waals surface area contributed by atoms with Crippen molar-refractivity contribution in [3.63, 3.8) is 0 Å². The lowest BCUT2D eigenvalue weighted by molar-refractivity contribution is 0.338. The number of hydrogen-bond acceptors (Lipinski definition) is 2. The van der Waals surface area contributed by atoms with E-state index in [9.17, 15) is 0 Å². The minimum Gasteiger partial charge on any atom is -0.330 e. The van der Waals surface area contributed by atoms with Gasteiger partial charge < -0.3 is 10.3 Å². The minimum absolute atomic E-state index is 0.406. The molecule has 15 heavy (non-hydrogen) atoms. The van der Waals surface area contributed by atoms with Gasteiger partial charge >= 0.3 is 0 Å². The van der Waals surface area contributed by atoms with Crippen LogP contribution in [0.25, 0.3) is 0 Å². The number of hydrogen-bond donors (Lipinski definition) is 1. The maximum atomic E-state index is 5.84. The monoisotopic (exact) mass is 207 g/mol. The van der Waals surface area contributed by atoms with E-state index in [2.05, 4.69) is 23.4 Å². The number of aromatic nitrogens is 2. The summed E-state index contributed by atoms with van der Waals surface area (Å²) >= 11 is 0. The van der Waals surface area contributed by atoms with E-state index in [0.717, 1.165) is 5.92 Å². The predicted molar refractivity (Wildman–Crippen MR) is 61.7 cm³/mol. The quantitative estimate of drug-likeness (QED) is 0.823. The van der Waals surface area contributed by atoms with Crippen molar-refractivity contribution in [2.45, 2.75) is 45.1 Å². The van der Waals surface area contributed by atoms with E-state index in [4.69, 9.17) is 5.73 Å². The standard InChI is InChI=1S/C12H21N3/c1-9(2)11(6-13)15-8-14-7-12(15)10-4-3-5-10/h7-11H,3-6,13H2,1-2H3. The summed E-state index contributed by atoms with van der Waals surface area (Å²) in [7, 11) is 0. The zero-order chi connectivity index (χ0) is 10.8. The van der Waals surface area contributed by atoms with Crippen molar-refractivity contribution in [3.05, 3.63) is 18.2 Å². The molecule has 2 rings (SSSR count). The van der Waals surface area contributed by atoms with E-state index in [1.54, 1.807) is 0 Å². The van der Waals surface area contributed by atoms with Gasteiger partial charge in [0.1, 0.15) is 0 Å². The third-order valence-corrected chi connectivity index (χ3v) is 3.59. The minimum atomic E-state index is 0.406. The summed E-state index contributed by atoms with van der Waals surface area (Å²) < 4.78 is 2.30. The van der Waals surface area contributed by atoms with Gasteiger partial charge in [0.25, 0.3) is 0 Å². The molecule has 1 atom stereocenters. The van der Waals surface area contributed by atoms with E-state index < -0.39 is 0 Å². The van der Waals surface area contributed by atoms with Crippen LogP contribution in [0.1, 0.15) is 50.8 Å². The molecular formula is C12H21N3. The molecule has 1 saturated carbocycles. The van der Waals surface area contributed by atoms with Crippen molar-refractivity contribution in [3.8, 4) is 0 Å². The Kier molecular flexibility index (Phi) is 3.10. The molecule has 1 aromatic heterocycles. The Hall–Kier alpha value is -0.830. The van der Waals surface area contributed by atoms with E-state index in [0.29, 0.717) is 18.5 Å². The average molecular weight is 207 g/mol. The predicted octanol–water partition coefficient (Wildman–Crippen LogP) is 2.31. The SMILES string of the molecule is CC(C)C(CN)n1cncc1C1CCC1. The fraction of sp³-hybridized carbons (Fsp3) is 0.750. The van der Waals surface area contributed by atoms with Gasteiger partial charge in [-0.15, -0.1) is 0 Å². The van der Waals surface area contributed by atoms with Gasteiger partial charge in [-0.05, 0) is 18.8 Å². The highest BCUT2D eigenvalue weighted by Crippen LogP contribution is 2.37. The third-order valence-electron chi connectivity index (χ3n) is 3.59. The first-order chi connectivity index (χ1) is 7.24. The van der Waals surface area contributed by atoms with Crippen LogP contribution < -0.4 is 5.73 Å². The van der Waals surface area contributed by atoms with Gasteiger partial charge in [-0.3, -0.25) is 0 Å². The number of nitrogens with two attached hydrogens (primary N) is 1. The Bertz CT molecular complexity index is 312. The van der Waals surface area contributed by atoms with Crippen LogP contribution in [-0.4, -0.2) is 16.1 Å². The van der Waals surface area contributed by atoms with Crippen LogP contribution in [0.4, 0.5) is 0 Å². The summed E-state index contributed by atoms with van der Waals surface area (Å²) in [5, 5.41) is 0. The zero-order valence-electron chi connectivity index (χ0n) is 9.69. The molecule has 3 nitrogen and oxygen atoms in total. The maximum Gasteiger partial charge on any atom is 0.0951 e. The second-order valence-corrected chi connectivity index (χ2v) is 4.90. The number of imidazole rings is 1.